The maximum absolute atomic E-state index is 5.17. The summed E-state index contributed by atoms with van der Waals surface area (Å²) in [6, 6.07) is 8.18. The number of hydrogen-bond acceptors (Lipinski definition) is 2. The van der Waals surface area contributed by atoms with Crippen molar-refractivity contribution < 1.29 is 4.74 Å². The molecular weight excluding hydrogens is 246 g/mol. The van der Waals surface area contributed by atoms with Crippen LogP contribution in [0, 0.1) is 17.3 Å². The van der Waals surface area contributed by atoms with Crippen molar-refractivity contribution >= 4 is 0 Å². The van der Waals surface area contributed by atoms with E-state index in [9.17, 15) is 0 Å². The fourth-order valence-electron chi connectivity index (χ4n) is 2.27. The molecule has 0 saturated carbocycles. The van der Waals surface area contributed by atoms with Crippen molar-refractivity contribution in [1.29, 1.82) is 0 Å². The SMILES string of the molecule is CCN(CC)C(C#Cc1ccc(OC)cc1)C(C)(C)C. The Hall–Kier alpha value is -1.46. The van der Waals surface area contributed by atoms with Gasteiger partial charge >= 0.3 is 0 Å². The highest BCUT2D eigenvalue weighted by Gasteiger charge is 2.27. The van der Waals surface area contributed by atoms with Gasteiger partial charge in [-0.25, -0.2) is 0 Å². The summed E-state index contributed by atoms with van der Waals surface area (Å²) in [6.45, 7) is 13.2. The molecule has 0 fully saturated rings. The van der Waals surface area contributed by atoms with E-state index in [-0.39, 0.29) is 11.5 Å². The van der Waals surface area contributed by atoms with Crippen LogP contribution in [0.15, 0.2) is 24.3 Å². The molecule has 0 aliphatic rings. The molecule has 1 aromatic rings. The molecule has 2 heteroatoms. The fourth-order valence-corrected chi connectivity index (χ4v) is 2.27. The van der Waals surface area contributed by atoms with E-state index < -0.39 is 0 Å². The molecule has 1 rings (SSSR count). The fraction of sp³-hybridized carbons (Fsp3) is 0.556. The van der Waals surface area contributed by atoms with Crippen molar-refractivity contribution in [3.63, 3.8) is 0 Å². The summed E-state index contributed by atoms with van der Waals surface area (Å²) in [5.74, 6) is 7.62. The first-order chi connectivity index (χ1) is 9.42. The maximum atomic E-state index is 5.17. The van der Waals surface area contributed by atoms with Gasteiger partial charge in [0.15, 0.2) is 0 Å². The lowest BCUT2D eigenvalue weighted by atomic mass is 9.85. The molecule has 0 aliphatic heterocycles. The zero-order valence-corrected chi connectivity index (χ0v) is 13.7. The summed E-state index contributed by atoms with van der Waals surface area (Å²) in [4.78, 5) is 2.41. The van der Waals surface area contributed by atoms with Crippen molar-refractivity contribution in [3.8, 4) is 17.6 Å². The van der Waals surface area contributed by atoms with E-state index >= 15 is 0 Å². The van der Waals surface area contributed by atoms with Crippen LogP contribution in [0.3, 0.4) is 0 Å². The number of methoxy groups -OCH3 is 1. The van der Waals surface area contributed by atoms with Crippen molar-refractivity contribution in [2.24, 2.45) is 5.41 Å². The minimum absolute atomic E-state index is 0.144. The highest BCUT2D eigenvalue weighted by Crippen LogP contribution is 2.24. The van der Waals surface area contributed by atoms with Gasteiger partial charge in [-0.3, -0.25) is 4.90 Å². The van der Waals surface area contributed by atoms with Crippen LogP contribution in [-0.2, 0) is 0 Å². The third kappa shape index (κ3) is 4.58. The van der Waals surface area contributed by atoms with E-state index in [2.05, 4.69) is 51.4 Å². The highest BCUT2D eigenvalue weighted by molar-refractivity contribution is 5.39. The molecule has 0 heterocycles. The van der Waals surface area contributed by atoms with Gasteiger partial charge in [-0.2, -0.15) is 0 Å². The van der Waals surface area contributed by atoms with Gasteiger partial charge in [0.2, 0.25) is 0 Å². The molecule has 0 saturated heterocycles. The van der Waals surface area contributed by atoms with E-state index in [1.54, 1.807) is 7.11 Å². The molecule has 0 bridgehead atoms. The second-order valence-electron chi connectivity index (χ2n) is 5.99. The Balaban J connectivity index is 2.97. The van der Waals surface area contributed by atoms with E-state index in [4.69, 9.17) is 4.74 Å². The van der Waals surface area contributed by atoms with Gasteiger partial charge in [-0.15, -0.1) is 0 Å². The topological polar surface area (TPSA) is 12.5 Å². The van der Waals surface area contributed by atoms with Gasteiger partial charge in [0.25, 0.3) is 0 Å². The molecule has 110 valence electrons. The molecule has 1 atom stereocenters. The Bertz CT molecular complexity index is 455. The number of rotatable bonds is 4. The van der Waals surface area contributed by atoms with Gasteiger partial charge in [0.1, 0.15) is 5.75 Å². The molecule has 0 N–H and O–H groups in total. The maximum Gasteiger partial charge on any atom is 0.118 e. The summed E-state index contributed by atoms with van der Waals surface area (Å²) >= 11 is 0. The third-order valence-electron chi connectivity index (χ3n) is 3.44. The zero-order valence-electron chi connectivity index (χ0n) is 13.7. The summed E-state index contributed by atoms with van der Waals surface area (Å²) in [7, 11) is 1.68. The molecule has 2 nitrogen and oxygen atoms in total. The van der Waals surface area contributed by atoms with Crippen LogP contribution in [0.2, 0.25) is 0 Å². The summed E-state index contributed by atoms with van der Waals surface area (Å²) in [5, 5.41) is 0. The normalized spacial score (nSPS) is 12.8. The summed E-state index contributed by atoms with van der Waals surface area (Å²) < 4.78 is 5.17. The summed E-state index contributed by atoms with van der Waals surface area (Å²) in [5.41, 5.74) is 1.18. The lowest BCUT2D eigenvalue weighted by molar-refractivity contribution is 0.155. The lowest BCUT2D eigenvalue weighted by Gasteiger charge is -2.35. The Labute approximate surface area is 124 Å². The smallest absolute Gasteiger partial charge is 0.118 e. The van der Waals surface area contributed by atoms with Gasteiger partial charge in [0.05, 0.1) is 13.2 Å². The second kappa shape index (κ2) is 7.36. The molecule has 0 amide bonds. The average molecular weight is 273 g/mol. The minimum atomic E-state index is 0.144. The van der Waals surface area contributed by atoms with Crippen LogP contribution in [0.4, 0.5) is 0 Å². The standard InChI is InChI=1S/C18H27NO/c1-7-19(8-2)17(18(3,4)5)14-11-15-9-12-16(20-6)13-10-15/h9-10,12-13,17H,7-8H2,1-6H3. The van der Waals surface area contributed by atoms with Crippen LogP contribution >= 0.6 is 0 Å². The quantitative estimate of drug-likeness (QED) is 0.774. The second-order valence-corrected chi connectivity index (χ2v) is 5.99. The van der Waals surface area contributed by atoms with Crippen molar-refractivity contribution in [3.05, 3.63) is 29.8 Å². The van der Waals surface area contributed by atoms with Crippen LogP contribution in [0.1, 0.15) is 40.2 Å². The Kier molecular flexibility index (Phi) is 6.10. The van der Waals surface area contributed by atoms with Crippen LogP contribution in [0.25, 0.3) is 0 Å². The van der Waals surface area contributed by atoms with E-state index in [0.717, 1.165) is 24.4 Å². The highest BCUT2D eigenvalue weighted by atomic mass is 16.5. The van der Waals surface area contributed by atoms with Crippen molar-refractivity contribution in [2.75, 3.05) is 20.2 Å². The third-order valence-corrected chi connectivity index (χ3v) is 3.44. The first-order valence-corrected chi connectivity index (χ1v) is 7.32. The van der Waals surface area contributed by atoms with Crippen LogP contribution in [0.5, 0.6) is 5.75 Å². The Morgan fingerprint density at radius 1 is 1.10 bits per heavy atom. The van der Waals surface area contributed by atoms with E-state index in [0.29, 0.717) is 0 Å². The number of hydrogen-bond donors (Lipinski definition) is 0. The number of nitrogens with zero attached hydrogens (tertiary/aromatic N) is 1. The molecule has 1 aromatic carbocycles. The van der Waals surface area contributed by atoms with Crippen LogP contribution < -0.4 is 4.74 Å². The molecule has 20 heavy (non-hydrogen) atoms. The lowest BCUT2D eigenvalue weighted by Crippen LogP contribution is -2.42. The van der Waals surface area contributed by atoms with Crippen molar-refractivity contribution in [1.82, 2.24) is 4.90 Å². The molecule has 0 radical (unpaired) electrons. The molecule has 0 spiro atoms. The van der Waals surface area contributed by atoms with Gasteiger partial charge < -0.3 is 4.74 Å². The molecule has 0 aliphatic carbocycles. The Morgan fingerprint density at radius 2 is 1.65 bits per heavy atom. The average Bonchev–Trinajstić information content (AvgIpc) is 2.42. The first-order valence-electron chi connectivity index (χ1n) is 7.32. The van der Waals surface area contributed by atoms with Gasteiger partial charge in [-0.1, -0.05) is 46.5 Å². The number of benzene rings is 1. The van der Waals surface area contributed by atoms with Crippen molar-refractivity contribution in [2.45, 2.75) is 40.7 Å². The summed E-state index contributed by atoms with van der Waals surface area (Å²) in [6.07, 6.45) is 0. The first kappa shape index (κ1) is 16.6. The predicted molar refractivity (Wildman–Crippen MR) is 86.0 cm³/mol. The van der Waals surface area contributed by atoms with Gasteiger partial charge in [0, 0.05) is 5.56 Å². The molecular formula is C18H27NO. The van der Waals surface area contributed by atoms with Crippen LogP contribution in [-0.4, -0.2) is 31.1 Å². The Morgan fingerprint density at radius 3 is 2.05 bits per heavy atom. The number of ether oxygens (including phenoxy) is 1. The largest absolute Gasteiger partial charge is 0.497 e. The van der Waals surface area contributed by atoms with E-state index in [1.165, 1.54) is 0 Å². The predicted octanol–water partition coefficient (Wildman–Crippen LogP) is 3.80. The molecule has 0 aromatic heterocycles. The molecule has 1 unspecified atom stereocenters. The zero-order chi connectivity index (χ0) is 15.2. The monoisotopic (exact) mass is 273 g/mol. The van der Waals surface area contributed by atoms with Gasteiger partial charge in [-0.05, 0) is 42.8 Å². The van der Waals surface area contributed by atoms with E-state index in [1.807, 2.05) is 24.3 Å². The minimum Gasteiger partial charge on any atom is -0.497 e.